The van der Waals surface area contributed by atoms with Crippen molar-refractivity contribution < 1.29 is 124 Å². The van der Waals surface area contributed by atoms with Crippen molar-refractivity contribution in [3.8, 4) is 0 Å². The van der Waals surface area contributed by atoms with Gasteiger partial charge in [0.05, 0.1) is 32.5 Å². The summed E-state index contributed by atoms with van der Waals surface area (Å²) in [6.45, 7) is 0.0210. The van der Waals surface area contributed by atoms with Crippen LogP contribution in [-0.4, -0.2) is 263 Å². The van der Waals surface area contributed by atoms with E-state index in [2.05, 4.69) is 10.6 Å². The standard InChI is InChI=1S/C34H58N2O25/c1-8-17(42)22(47)25(50)32(54-8)61-29-24(49)19(44)12(5-38)58-34(29)60-28-16(36-10(3)41)31(56-13(6-39)20(28)45)53-7-14-21(46)27(15(30(52)55-14)35-9(2)40)59-33-26(51)23(48)18(43)11(4-37)57-33/h8,11-34,37-39,42-52H,4-7H2,1-3H3,(H,35,40)(H,36,41)/t8-,11+,12+,13+,14+,15+,16+,17+,18-,19-,20+,21-,22+,23-,24-,25-,26+,27+,28+,29+,30?,31+,32-,33-,34-/m0/s1. The number of aliphatic hydroxyl groups is 14. The first-order valence-corrected chi connectivity index (χ1v) is 19.4. The van der Waals surface area contributed by atoms with Gasteiger partial charge in [0.25, 0.3) is 0 Å². The van der Waals surface area contributed by atoms with E-state index in [1.165, 1.54) is 6.92 Å². The highest BCUT2D eigenvalue weighted by atomic mass is 16.8. The van der Waals surface area contributed by atoms with Crippen LogP contribution in [0.3, 0.4) is 0 Å². The van der Waals surface area contributed by atoms with Gasteiger partial charge < -0.3 is 125 Å². The Kier molecular flexibility index (Phi) is 17.5. The number of carbonyl (C=O) groups excluding carboxylic acids is 2. The molecule has 5 heterocycles. The van der Waals surface area contributed by atoms with Crippen LogP contribution in [0.15, 0.2) is 0 Å². The molecule has 0 aliphatic carbocycles. The maximum atomic E-state index is 12.6. The minimum Gasteiger partial charge on any atom is -0.394 e. The number of rotatable bonds is 14. The summed E-state index contributed by atoms with van der Waals surface area (Å²) >= 11 is 0. The van der Waals surface area contributed by atoms with E-state index in [0.29, 0.717) is 0 Å². The van der Waals surface area contributed by atoms with Gasteiger partial charge in [0.2, 0.25) is 11.8 Å². The van der Waals surface area contributed by atoms with E-state index in [1.54, 1.807) is 0 Å². The molecule has 0 bridgehead atoms. The molecule has 61 heavy (non-hydrogen) atoms. The second-order valence-electron chi connectivity index (χ2n) is 15.4. The second-order valence-corrected chi connectivity index (χ2v) is 15.4. The van der Waals surface area contributed by atoms with Gasteiger partial charge in [0, 0.05) is 13.8 Å². The molecule has 0 aromatic carbocycles. The smallest absolute Gasteiger partial charge is 0.217 e. The summed E-state index contributed by atoms with van der Waals surface area (Å²) in [6, 6.07) is -3.18. The van der Waals surface area contributed by atoms with Gasteiger partial charge in [-0.05, 0) is 6.92 Å². The van der Waals surface area contributed by atoms with Gasteiger partial charge in [-0.2, -0.15) is 0 Å². The van der Waals surface area contributed by atoms with Crippen LogP contribution in [0.2, 0.25) is 0 Å². The fraction of sp³-hybridized carbons (Fsp3) is 0.941. The molecule has 5 aliphatic heterocycles. The number of ether oxygens (including phenoxy) is 9. The van der Waals surface area contributed by atoms with Crippen LogP contribution in [-0.2, 0) is 52.2 Å². The molecular formula is C34H58N2O25. The van der Waals surface area contributed by atoms with Gasteiger partial charge >= 0.3 is 0 Å². The van der Waals surface area contributed by atoms with E-state index < -0.39 is 192 Å². The molecule has 1 unspecified atom stereocenters. The Morgan fingerprint density at radius 2 is 0.885 bits per heavy atom. The molecule has 0 saturated carbocycles. The van der Waals surface area contributed by atoms with Gasteiger partial charge in [-0.3, -0.25) is 9.59 Å². The molecule has 16 N–H and O–H groups in total. The predicted octanol–water partition coefficient (Wildman–Crippen LogP) is -10.6. The van der Waals surface area contributed by atoms with Crippen LogP contribution in [0.25, 0.3) is 0 Å². The molecule has 354 valence electrons. The average molecular weight is 895 g/mol. The molecule has 5 rings (SSSR count). The zero-order valence-electron chi connectivity index (χ0n) is 33.0. The molecule has 5 fully saturated rings. The molecule has 2 amide bonds. The van der Waals surface area contributed by atoms with E-state index in [-0.39, 0.29) is 0 Å². The van der Waals surface area contributed by atoms with Crippen LogP contribution < -0.4 is 10.6 Å². The fourth-order valence-corrected chi connectivity index (χ4v) is 7.65. The summed E-state index contributed by atoms with van der Waals surface area (Å²) in [5.41, 5.74) is 0. The molecule has 27 heteroatoms. The summed E-state index contributed by atoms with van der Waals surface area (Å²) in [5.74, 6) is -1.51. The minimum absolute atomic E-state index is 0.735. The number of nitrogens with one attached hydrogen (secondary N) is 2. The third-order valence-electron chi connectivity index (χ3n) is 11.1. The normalized spacial score (nSPS) is 49.6. The van der Waals surface area contributed by atoms with Crippen molar-refractivity contribution in [3.05, 3.63) is 0 Å². The lowest BCUT2D eigenvalue weighted by molar-refractivity contribution is -0.382. The molecule has 25 atom stereocenters. The predicted molar refractivity (Wildman–Crippen MR) is 188 cm³/mol. The van der Waals surface area contributed by atoms with Crippen molar-refractivity contribution in [2.24, 2.45) is 0 Å². The van der Waals surface area contributed by atoms with E-state index in [9.17, 15) is 81.1 Å². The Hall–Kier alpha value is -1.98. The Bertz CT molecular complexity index is 1420. The number of aliphatic hydroxyl groups excluding tert-OH is 14. The van der Waals surface area contributed by atoms with Crippen molar-refractivity contribution in [3.63, 3.8) is 0 Å². The molecule has 5 saturated heterocycles. The number of amides is 2. The lowest BCUT2D eigenvalue weighted by Gasteiger charge is -2.49. The highest BCUT2D eigenvalue weighted by molar-refractivity contribution is 5.73. The maximum Gasteiger partial charge on any atom is 0.217 e. The summed E-state index contributed by atoms with van der Waals surface area (Å²) in [6.07, 6.45) is -40.5. The Labute approximate surface area is 346 Å². The summed E-state index contributed by atoms with van der Waals surface area (Å²) in [7, 11) is 0. The number of carbonyl (C=O) groups is 2. The maximum absolute atomic E-state index is 12.6. The molecular weight excluding hydrogens is 836 g/mol. The van der Waals surface area contributed by atoms with Crippen molar-refractivity contribution in [2.75, 3.05) is 26.4 Å². The largest absolute Gasteiger partial charge is 0.394 e. The van der Waals surface area contributed by atoms with Crippen molar-refractivity contribution in [1.82, 2.24) is 10.6 Å². The second kappa shape index (κ2) is 21.3. The first-order chi connectivity index (χ1) is 28.7. The van der Waals surface area contributed by atoms with Crippen LogP contribution in [0.5, 0.6) is 0 Å². The van der Waals surface area contributed by atoms with Gasteiger partial charge in [0.15, 0.2) is 31.5 Å². The average Bonchev–Trinajstić information content (AvgIpc) is 3.21. The number of hydrogen-bond acceptors (Lipinski definition) is 25. The minimum atomic E-state index is -1.99. The quantitative estimate of drug-likeness (QED) is 0.0770. The van der Waals surface area contributed by atoms with E-state index in [4.69, 9.17) is 42.6 Å². The van der Waals surface area contributed by atoms with E-state index in [0.717, 1.165) is 13.8 Å². The van der Waals surface area contributed by atoms with E-state index >= 15 is 0 Å². The highest BCUT2D eigenvalue weighted by Crippen LogP contribution is 2.35. The molecule has 0 radical (unpaired) electrons. The van der Waals surface area contributed by atoms with Crippen LogP contribution >= 0.6 is 0 Å². The molecule has 5 aliphatic rings. The summed E-state index contributed by atoms with van der Waals surface area (Å²) < 4.78 is 51.3. The lowest BCUT2D eigenvalue weighted by atomic mass is 9.94. The summed E-state index contributed by atoms with van der Waals surface area (Å²) in [4.78, 5) is 24.7. The Morgan fingerprint density at radius 3 is 1.46 bits per heavy atom. The monoisotopic (exact) mass is 894 g/mol. The van der Waals surface area contributed by atoms with Crippen LogP contribution in [0.4, 0.5) is 0 Å². The van der Waals surface area contributed by atoms with Crippen molar-refractivity contribution in [1.29, 1.82) is 0 Å². The van der Waals surface area contributed by atoms with Crippen molar-refractivity contribution in [2.45, 2.75) is 174 Å². The van der Waals surface area contributed by atoms with Gasteiger partial charge in [0.1, 0.15) is 116 Å². The van der Waals surface area contributed by atoms with E-state index in [1.807, 2.05) is 0 Å². The Morgan fingerprint density at radius 1 is 0.459 bits per heavy atom. The molecule has 0 aromatic rings. The fourth-order valence-electron chi connectivity index (χ4n) is 7.65. The van der Waals surface area contributed by atoms with Gasteiger partial charge in [-0.1, -0.05) is 0 Å². The molecule has 0 aromatic heterocycles. The third-order valence-corrected chi connectivity index (χ3v) is 11.1. The zero-order valence-corrected chi connectivity index (χ0v) is 33.0. The topological polar surface area (TPSA) is 424 Å². The lowest BCUT2D eigenvalue weighted by Crippen LogP contribution is -2.69. The summed E-state index contributed by atoms with van der Waals surface area (Å²) in [5, 5.41) is 152. The van der Waals surface area contributed by atoms with Gasteiger partial charge in [-0.15, -0.1) is 0 Å². The zero-order chi connectivity index (χ0) is 45.2. The van der Waals surface area contributed by atoms with Crippen LogP contribution in [0, 0.1) is 0 Å². The first-order valence-electron chi connectivity index (χ1n) is 19.4. The third kappa shape index (κ3) is 10.9. The van der Waals surface area contributed by atoms with Crippen LogP contribution in [0.1, 0.15) is 20.8 Å². The Balaban J connectivity index is 1.39. The SMILES string of the molecule is CC(=O)N[C@H]1[C@H](OC[C@H]2OC(O)[C@H](NC(C)=O)[C@@H](O[C@@H]3O[C@H](CO)[C@H](O)[C@H](O)[C@H]3O)[C@H]2O)O[C@H](CO)[C@@H](O)[C@@H]1O[C@@H]1O[C@H](CO)[C@H](O)[C@H](O)[C@H]1O[C@@H]1O[C@@H](C)[C@@H](O)[C@@H](O)[C@@H]1O. The number of hydrogen-bond donors (Lipinski definition) is 16. The van der Waals surface area contributed by atoms with Gasteiger partial charge in [-0.25, -0.2) is 0 Å². The molecule has 27 nitrogen and oxygen atoms in total. The highest BCUT2D eigenvalue weighted by Gasteiger charge is 2.56. The van der Waals surface area contributed by atoms with Crippen molar-refractivity contribution >= 4 is 11.8 Å². The molecule has 0 spiro atoms. The first kappa shape index (κ1) is 50.0.